The molecule has 1 N–H and O–H groups in total. The summed E-state index contributed by atoms with van der Waals surface area (Å²) in [4.78, 5) is 18.2. The second kappa shape index (κ2) is 8.88. The molecule has 1 aliphatic carbocycles. The van der Waals surface area contributed by atoms with E-state index in [2.05, 4.69) is 25.8 Å². The Hall–Kier alpha value is -4.18. The summed E-state index contributed by atoms with van der Waals surface area (Å²) in [5, 5.41) is 12.3. The molecule has 0 heterocycles. The van der Waals surface area contributed by atoms with Gasteiger partial charge in [0.05, 0.1) is 12.1 Å². The standard InChI is InChI=1S/C31H27NO3/c1-31(2,3)21-13-15-22(16-14-21)35-30-24-12-8-7-11-23(24)28(33)25-17-18-26(29(34)27(25)30)32-19-20-9-5-4-6-10-20/h4-18,33H,19H2,1-3H3. The SMILES string of the molecule is CC(C)(C)c1ccc(Oc2c3c(c(O)c4ccccc24)C=CC(=NCc2ccccc2)C3=O)cc1. The fraction of sp³-hybridized carbons (Fsp3) is 0.161. The number of nitrogens with zero attached hydrogens (tertiary/aromatic N) is 1. The highest BCUT2D eigenvalue weighted by Gasteiger charge is 2.29. The summed E-state index contributed by atoms with van der Waals surface area (Å²) in [7, 11) is 0. The number of carbonyl (C=O) groups excluding carboxylic acids is 1. The number of ketones is 1. The van der Waals surface area contributed by atoms with Crippen molar-refractivity contribution in [1.29, 1.82) is 0 Å². The molecule has 0 saturated carbocycles. The molecular weight excluding hydrogens is 434 g/mol. The Morgan fingerprint density at radius 1 is 0.829 bits per heavy atom. The fourth-order valence-corrected chi connectivity index (χ4v) is 4.29. The van der Waals surface area contributed by atoms with Crippen molar-refractivity contribution in [2.45, 2.75) is 32.7 Å². The van der Waals surface area contributed by atoms with Gasteiger partial charge in [-0.15, -0.1) is 0 Å². The molecule has 0 amide bonds. The van der Waals surface area contributed by atoms with Gasteiger partial charge in [-0.05, 0) is 40.8 Å². The van der Waals surface area contributed by atoms with E-state index in [0.29, 0.717) is 45.7 Å². The van der Waals surface area contributed by atoms with Crippen molar-refractivity contribution >= 4 is 28.3 Å². The van der Waals surface area contributed by atoms with E-state index in [4.69, 9.17) is 4.74 Å². The molecular formula is C31H27NO3. The van der Waals surface area contributed by atoms with Crippen molar-refractivity contribution in [1.82, 2.24) is 0 Å². The lowest BCUT2D eigenvalue weighted by Gasteiger charge is -2.21. The second-order valence-electron chi connectivity index (χ2n) is 9.74. The summed E-state index contributed by atoms with van der Waals surface area (Å²) in [6, 6.07) is 25.1. The third-order valence-electron chi connectivity index (χ3n) is 6.26. The number of aliphatic imine (C=N–C) groups is 1. The van der Waals surface area contributed by atoms with E-state index >= 15 is 0 Å². The summed E-state index contributed by atoms with van der Waals surface area (Å²) in [5.41, 5.74) is 3.35. The molecule has 4 heteroatoms. The predicted molar refractivity (Wildman–Crippen MR) is 142 cm³/mol. The van der Waals surface area contributed by atoms with Crippen LogP contribution < -0.4 is 4.74 Å². The number of fused-ring (bicyclic) bond motifs is 2. The molecule has 5 rings (SSSR count). The summed E-state index contributed by atoms with van der Waals surface area (Å²) >= 11 is 0. The number of phenols is 1. The van der Waals surface area contributed by atoms with Crippen LogP contribution in [0.1, 0.15) is 47.8 Å². The monoisotopic (exact) mass is 461 g/mol. The number of benzene rings is 4. The molecule has 4 aromatic carbocycles. The highest BCUT2D eigenvalue weighted by atomic mass is 16.5. The fourth-order valence-electron chi connectivity index (χ4n) is 4.29. The van der Waals surface area contributed by atoms with Gasteiger partial charge in [-0.25, -0.2) is 0 Å². The van der Waals surface area contributed by atoms with Crippen LogP contribution in [-0.4, -0.2) is 16.6 Å². The summed E-state index contributed by atoms with van der Waals surface area (Å²) in [5.74, 6) is 0.860. The lowest BCUT2D eigenvalue weighted by Crippen LogP contribution is -2.18. The molecule has 0 radical (unpaired) electrons. The first-order valence-electron chi connectivity index (χ1n) is 11.7. The maximum atomic E-state index is 13.7. The smallest absolute Gasteiger partial charge is 0.215 e. The molecule has 0 atom stereocenters. The van der Waals surface area contributed by atoms with E-state index < -0.39 is 0 Å². The van der Waals surface area contributed by atoms with Gasteiger partial charge in [-0.1, -0.05) is 87.5 Å². The van der Waals surface area contributed by atoms with Gasteiger partial charge in [0.15, 0.2) is 0 Å². The number of phenolic OH excluding ortho intramolecular Hbond substituents is 1. The number of aromatic hydroxyl groups is 1. The number of allylic oxidation sites excluding steroid dienone is 1. The minimum atomic E-state index is -0.263. The number of Topliss-reactive ketones (excluding diaryl/α,β-unsaturated/α-hetero) is 1. The third kappa shape index (κ3) is 4.35. The van der Waals surface area contributed by atoms with Gasteiger partial charge in [-0.2, -0.15) is 0 Å². The third-order valence-corrected chi connectivity index (χ3v) is 6.26. The van der Waals surface area contributed by atoms with Crippen LogP contribution in [0, 0.1) is 0 Å². The number of hydrogen-bond acceptors (Lipinski definition) is 4. The maximum absolute atomic E-state index is 13.7. The molecule has 0 spiro atoms. The van der Waals surface area contributed by atoms with Crippen LogP contribution in [0.2, 0.25) is 0 Å². The van der Waals surface area contributed by atoms with Gasteiger partial charge in [0.1, 0.15) is 23.0 Å². The second-order valence-corrected chi connectivity index (χ2v) is 9.74. The Morgan fingerprint density at radius 2 is 1.49 bits per heavy atom. The Balaban J connectivity index is 1.61. The zero-order valence-corrected chi connectivity index (χ0v) is 20.1. The molecule has 4 aromatic rings. The minimum absolute atomic E-state index is 0.0216. The van der Waals surface area contributed by atoms with E-state index in [1.54, 1.807) is 12.2 Å². The molecule has 174 valence electrons. The molecule has 0 unspecified atom stereocenters. The first-order chi connectivity index (χ1) is 16.8. The molecule has 0 aliphatic heterocycles. The van der Waals surface area contributed by atoms with Gasteiger partial charge in [-0.3, -0.25) is 9.79 Å². The Morgan fingerprint density at radius 3 is 2.17 bits per heavy atom. The molecule has 35 heavy (non-hydrogen) atoms. The van der Waals surface area contributed by atoms with Crippen LogP contribution in [0.15, 0.2) is 89.9 Å². The summed E-state index contributed by atoms with van der Waals surface area (Å²) in [6.07, 6.45) is 3.42. The van der Waals surface area contributed by atoms with Crippen LogP contribution in [-0.2, 0) is 12.0 Å². The number of hydrogen-bond donors (Lipinski definition) is 1. The largest absolute Gasteiger partial charge is 0.507 e. The zero-order chi connectivity index (χ0) is 24.6. The van der Waals surface area contributed by atoms with Crippen LogP contribution in [0.4, 0.5) is 0 Å². The van der Waals surface area contributed by atoms with Gasteiger partial charge in [0.25, 0.3) is 0 Å². The average Bonchev–Trinajstić information content (AvgIpc) is 2.86. The molecule has 1 aliphatic rings. The maximum Gasteiger partial charge on any atom is 0.215 e. The van der Waals surface area contributed by atoms with Crippen molar-refractivity contribution in [2.24, 2.45) is 4.99 Å². The highest BCUT2D eigenvalue weighted by molar-refractivity contribution is 6.53. The molecule has 0 aromatic heterocycles. The lowest BCUT2D eigenvalue weighted by molar-refractivity contribution is 0.106. The summed E-state index contributed by atoms with van der Waals surface area (Å²) in [6.45, 7) is 6.88. The van der Waals surface area contributed by atoms with Crippen molar-refractivity contribution in [2.75, 3.05) is 0 Å². The van der Waals surface area contributed by atoms with Crippen molar-refractivity contribution < 1.29 is 14.6 Å². The first kappa shape index (κ1) is 22.6. The summed E-state index contributed by atoms with van der Waals surface area (Å²) < 4.78 is 6.37. The van der Waals surface area contributed by atoms with Crippen LogP contribution in [0.5, 0.6) is 17.2 Å². The number of rotatable bonds is 4. The molecule has 0 saturated heterocycles. The minimum Gasteiger partial charge on any atom is -0.507 e. The topological polar surface area (TPSA) is 58.9 Å². The normalized spacial score (nSPS) is 14.4. The van der Waals surface area contributed by atoms with Crippen molar-refractivity contribution in [3.63, 3.8) is 0 Å². The van der Waals surface area contributed by atoms with Gasteiger partial charge in [0.2, 0.25) is 5.78 Å². The molecule has 4 nitrogen and oxygen atoms in total. The van der Waals surface area contributed by atoms with Gasteiger partial charge >= 0.3 is 0 Å². The lowest BCUT2D eigenvalue weighted by atomic mass is 9.87. The molecule has 0 bridgehead atoms. The Kier molecular flexibility index (Phi) is 5.73. The highest BCUT2D eigenvalue weighted by Crippen LogP contribution is 2.44. The Bertz CT molecular complexity index is 1470. The Labute approximate surface area is 205 Å². The van der Waals surface area contributed by atoms with E-state index in [1.165, 1.54) is 5.56 Å². The van der Waals surface area contributed by atoms with Crippen LogP contribution >= 0.6 is 0 Å². The van der Waals surface area contributed by atoms with E-state index in [9.17, 15) is 9.90 Å². The quantitative estimate of drug-likeness (QED) is 0.343. The molecule has 0 fully saturated rings. The number of carbonyl (C=O) groups is 1. The van der Waals surface area contributed by atoms with E-state index in [0.717, 1.165) is 5.56 Å². The average molecular weight is 462 g/mol. The van der Waals surface area contributed by atoms with E-state index in [1.807, 2.05) is 78.9 Å². The van der Waals surface area contributed by atoms with Crippen LogP contribution in [0.25, 0.3) is 16.8 Å². The van der Waals surface area contributed by atoms with Gasteiger partial charge < -0.3 is 9.84 Å². The predicted octanol–water partition coefficient (Wildman–Crippen LogP) is 7.49. The number of ether oxygens (including phenoxy) is 1. The van der Waals surface area contributed by atoms with Crippen molar-refractivity contribution in [3.8, 4) is 17.2 Å². The van der Waals surface area contributed by atoms with E-state index in [-0.39, 0.29) is 16.9 Å². The first-order valence-corrected chi connectivity index (χ1v) is 11.7. The zero-order valence-electron chi connectivity index (χ0n) is 20.1. The van der Waals surface area contributed by atoms with Crippen molar-refractivity contribution in [3.05, 3.63) is 107 Å². The van der Waals surface area contributed by atoms with Gasteiger partial charge in [0, 0.05) is 16.3 Å². The van der Waals surface area contributed by atoms with Crippen LogP contribution in [0.3, 0.4) is 0 Å².